The molecule has 3 N–H and O–H groups in total. The molecule has 0 fully saturated rings. The molecule has 0 aliphatic carbocycles. The molecule has 0 bridgehead atoms. The maximum Gasteiger partial charge on any atom is 0.0468 e. The molecule has 1 rings (SSSR count). The van der Waals surface area contributed by atoms with E-state index in [4.69, 9.17) is 17.3 Å². The highest BCUT2D eigenvalue weighted by Crippen LogP contribution is 2.17. The fourth-order valence-corrected chi connectivity index (χ4v) is 1.53. The van der Waals surface area contributed by atoms with Gasteiger partial charge in [0.1, 0.15) is 0 Å². The van der Waals surface area contributed by atoms with Gasteiger partial charge in [0.05, 0.1) is 0 Å². The molecule has 0 heterocycles. The fourth-order valence-electron chi connectivity index (χ4n) is 1.40. The molecule has 0 saturated heterocycles. The van der Waals surface area contributed by atoms with Gasteiger partial charge in [0.2, 0.25) is 0 Å². The van der Waals surface area contributed by atoms with Gasteiger partial charge in [-0.3, -0.25) is 0 Å². The van der Waals surface area contributed by atoms with E-state index in [0.717, 1.165) is 5.02 Å². The van der Waals surface area contributed by atoms with Crippen LogP contribution in [0.1, 0.15) is 18.5 Å². The highest BCUT2D eigenvalue weighted by Gasteiger charge is 2.12. The number of likely N-dealkylation sites (N-methyl/N-ethyl adjacent to an activating group) is 1. The Balaban J connectivity index is 2.86. The molecule has 0 aromatic heterocycles. The van der Waals surface area contributed by atoms with Crippen LogP contribution >= 0.6 is 11.6 Å². The summed E-state index contributed by atoms with van der Waals surface area (Å²) in [7, 11) is 1.91. The molecule has 13 heavy (non-hydrogen) atoms. The summed E-state index contributed by atoms with van der Waals surface area (Å²) in [6.07, 6.45) is 0. The number of hydrogen-bond donors (Lipinski definition) is 2. The average molecular weight is 199 g/mol. The first-order valence-electron chi connectivity index (χ1n) is 4.33. The van der Waals surface area contributed by atoms with Crippen molar-refractivity contribution in [1.82, 2.24) is 5.32 Å². The average Bonchev–Trinajstić information content (AvgIpc) is 2.09. The van der Waals surface area contributed by atoms with E-state index in [9.17, 15) is 0 Å². The number of nitrogens with one attached hydrogen (secondary N) is 1. The topological polar surface area (TPSA) is 38.0 Å². The molecule has 0 aliphatic rings. The Morgan fingerprint density at radius 2 is 1.85 bits per heavy atom. The van der Waals surface area contributed by atoms with Crippen molar-refractivity contribution in [3.8, 4) is 0 Å². The molecular formula is C10H15ClN2. The first-order valence-corrected chi connectivity index (χ1v) is 4.71. The Kier molecular flexibility index (Phi) is 3.72. The highest BCUT2D eigenvalue weighted by molar-refractivity contribution is 6.30. The summed E-state index contributed by atoms with van der Waals surface area (Å²) in [5, 5.41) is 3.92. The maximum atomic E-state index is 5.82. The predicted molar refractivity (Wildman–Crippen MR) is 56.9 cm³/mol. The standard InChI is InChI=1S/C10H15ClN2/c1-7(12)10(13-2)8-3-5-9(11)6-4-8/h3-7,10,13H,12H2,1-2H3. The van der Waals surface area contributed by atoms with Crippen LogP contribution in [-0.4, -0.2) is 13.1 Å². The van der Waals surface area contributed by atoms with Gasteiger partial charge in [0.25, 0.3) is 0 Å². The SMILES string of the molecule is CNC(c1ccc(Cl)cc1)C(C)N. The lowest BCUT2D eigenvalue weighted by atomic mass is 10.0. The van der Waals surface area contributed by atoms with Crippen LogP contribution in [0.25, 0.3) is 0 Å². The first kappa shape index (κ1) is 10.5. The van der Waals surface area contributed by atoms with Gasteiger partial charge in [0, 0.05) is 17.1 Å². The second kappa shape index (κ2) is 4.61. The molecule has 0 radical (unpaired) electrons. The predicted octanol–water partition coefficient (Wildman–Crippen LogP) is 1.95. The minimum atomic E-state index is 0.0891. The van der Waals surface area contributed by atoms with Crippen LogP contribution in [0.4, 0.5) is 0 Å². The number of hydrogen-bond acceptors (Lipinski definition) is 2. The number of nitrogens with two attached hydrogens (primary N) is 1. The third kappa shape index (κ3) is 2.69. The third-order valence-corrected chi connectivity index (χ3v) is 2.32. The minimum absolute atomic E-state index is 0.0891. The highest BCUT2D eigenvalue weighted by atomic mass is 35.5. The van der Waals surface area contributed by atoms with Crippen molar-refractivity contribution >= 4 is 11.6 Å². The minimum Gasteiger partial charge on any atom is -0.326 e. The van der Waals surface area contributed by atoms with Gasteiger partial charge in [-0.15, -0.1) is 0 Å². The molecule has 2 unspecified atom stereocenters. The van der Waals surface area contributed by atoms with Crippen molar-refractivity contribution < 1.29 is 0 Å². The summed E-state index contributed by atoms with van der Waals surface area (Å²) >= 11 is 5.79. The third-order valence-electron chi connectivity index (χ3n) is 2.07. The lowest BCUT2D eigenvalue weighted by Crippen LogP contribution is -2.33. The van der Waals surface area contributed by atoms with Crippen molar-refractivity contribution in [1.29, 1.82) is 0 Å². The van der Waals surface area contributed by atoms with E-state index >= 15 is 0 Å². The maximum absolute atomic E-state index is 5.82. The summed E-state index contributed by atoms with van der Waals surface area (Å²) < 4.78 is 0. The number of rotatable bonds is 3. The summed E-state index contributed by atoms with van der Waals surface area (Å²) in [6, 6.07) is 8.02. The van der Waals surface area contributed by atoms with E-state index in [0.29, 0.717) is 0 Å². The molecule has 3 heteroatoms. The summed E-state index contributed by atoms with van der Waals surface area (Å²) in [4.78, 5) is 0. The Bertz CT molecular complexity index is 256. The van der Waals surface area contributed by atoms with Gasteiger partial charge in [0.15, 0.2) is 0 Å². The number of benzene rings is 1. The van der Waals surface area contributed by atoms with Gasteiger partial charge in [-0.1, -0.05) is 23.7 Å². The van der Waals surface area contributed by atoms with Crippen molar-refractivity contribution in [3.63, 3.8) is 0 Å². The quantitative estimate of drug-likeness (QED) is 0.779. The molecule has 72 valence electrons. The monoisotopic (exact) mass is 198 g/mol. The zero-order valence-corrected chi connectivity index (χ0v) is 8.68. The zero-order chi connectivity index (χ0) is 9.84. The Labute approximate surface area is 84.1 Å². The molecule has 0 aliphatic heterocycles. The largest absolute Gasteiger partial charge is 0.326 e. The lowest BCUT2D eigenvalue weighted by molar-refractivity contribution is 0.504. The summed E-state index contributed by atoms with van der Waals surface area (Å²) in [5.41, 5.74) is 6.99. The molecule has 2 atom stereocenters. The van der Waals surface area contributed by atoms with Crippen LogP contribution in [0, 0.1) is 0 Å². The van der Waals surface area contributed by atoms with E-state index in [2.05, 4.69) is 5.32 Å². The summed E-state index contributed by atoms with van der Waals surface area (Å²) in [5.74, 6) is 0. The summed E-state index contributed by atoms with van der Waals surface area (Å²) in [6.45, 7) is 1.98. The Morgan fingerprint density at radius 1 is 1.31 bits per heavy atom. The van der Waals surface area contributed by atoms with Gasteiger partial charge < -0.3 is 11.1 Å². The van der Waals surface area contributed by atoms with Crippen molar-refractivity contribution in [3.05, 3.63) is 34.9 Å². The van der Waals surface area contributed by atoms with Gasteiger partial charge in [-0.05, 0) is 31.7 Å². The Hall–Kier alpha value is -0.570. The van der Waals surface area contributed by atoms with E-state index in [1.54, 1.807) is 0 Å². The van der Waals surface area contributed by atoms with Gasteiger partial charge in [-0.2, -0.15) is 0 Å². The van der Waals surface area contributed by atoms with Crippen LogP contribution in [0.3, 0.4) is 0 Å². The van der Waals surface area contributed by atoms with Crippen LogP contribution in [0.15, 0.2) is 24.3 Å². The second-order valence-electron chi connectivity index (χ2n) is 3.18. The van der Waals surface area contributed by atoms with Crippen LogP contribution in [0.2, 0.25) is 5.02 Å². The van der Waals surface area contributed by atoms with Crippen LogP contribution in [-0.2, 0) is 0 Å². The van der Waals surface area contributed by atoms with Crippen molar-refractivity contribution in [2.75, 3.05) is 7.05 Å². The molecule has 1 aromatic rings. The van der Waals surface area contributed by atoms with Gasteiger partial charge >= 0.3 is 0 Å². The zero-order valence-electron chi connectivity index (χ0n) is 7.92. The smallest absolute Gasteiger partial charge is 0.0468 e. The van der Waals surface area contributed by atoms with Crippen molar-refractivity contribution in [2.24, 2.45) is 5.73 Å². The Morgan fingerprint density at radius 3 is 2.23 bits per heavy atom. The number of halogens is 1. The van der Waals surface area contributed by atoms with E-state index in [1.807, 2.05) is 38.2 Å². The molecule has 2 nitrogen and oxygen atoms in total. The van der Waals surface area contributed by atoms with Crippen LogP contribution < -0.4 is 11.1 Å². The first-order chi connectivity index (χ1) is 6.15. The molecular weight excluding hydrogens is 184 g/mol. The normalized spacial score (nSPS) is 15.4. The molecule has 1 aromatic carbocycles. The van der Waals surface area contributed by atoms with Gasteiger partial charge in [-0.25, -0.2) is 0 Å². The van der Waals surface area contributed by atoms with E-state index in [1.165, 1.54) is 5.56 Å². The van der Waals surface area contributed by atoms with Crippen LogP contribution in [0.5, 0.6) is 0 Å². The fraction of sp³-hybridized carbons (Fsp3) is 0.400. The van der Waals surface area contributed by atoms with Crippen molar-refractivity contribution in [2.45, 2.75) is 19.0 Å². The molecule has 0 amide bonds. The lowest BCUT2D eigenvalue weighted by Gasteiger charge is -2.20. The van der Waals surface area contributed by atoms with E-state index in [-0.39, 0.29) is 12.1 Å². The molecule has 0 spiro atoms. The van der Waals surface area contributed by atoms with E-state index < -0.39 is 0 Å². The second-order valence-corrected chi connectivity index (χ2v) is 3.61. The molecule has 0 saturated carbocycles.